The van der Waals surface area contributed by atoms with Gasteiger partial charge < -0.3 is 0 Å². The van der Waals surface area contributed by atoms with Crippen molar-refractivity contribution in [1.82, 2.24) is 4.98 Å². The molecule has 0 saturated heterocycles. The number of halogens is 2. The van der Waals surface area contributed by atoms with E-state index in [2.05, 4.69) is 11.1 Å². The highest BCUT2D eigenvalue weighted by molar-refractivity contribution is 7.99. The van der Waals surface area contributed by atoms with Gasteiger partial charge in [0.05, 0.1) is 16.1 Å². The molecule has 1 heterocycles. The fraction of sp³-hybridized carbons (Fsp3) is 0. The molecule has 0 fully saturated rings. The highest BCUT2D eigenvalue weighted by Gasteiger charge is 2.11. The Balaban J connectivity index is 2.11. The van der Waals surface area contributed by atoms with Crippen molar-refractivity contribution >= 4 is 45.9 Å². The van der Waals surface area contributed by atoms with Crippen LogP contribution in [0.2, 0.25) is 10.0 Å². The number of pyridine rings is 1. The van der Waals surface area contributed by atoms with Crippen LogP contribution < -0.4 is 0 Å². The molecule has 0 radical (unpaired) electrons. The number of hydrogen-bond acceptors (Lipinski definition) is 3. The molecule has 2 nitrogen and oxygen atoms in total. The first kappa shape index (κ1) is 14.2. The first-order valence-corrected chi connectivity index (χ1v) is 7.67. The van der Waals surface area contributed by atoms with Crippen LogP contribution in [0.5, 0.6) is 0 Å². The summed E-state index contributed by atoms with van der Waals surface area (Å²) in [4.78, 5) is 5.33. The van der Waals surface area contributed by atoms with Crippen molar-refractivity contribution < 1.29 is 0 Å². The molecule has 3 rings (SSSR count). The van der Waals surface area contributed by atoms with E-state index in [0.717, 1.165) is 15.8 Å². The molecule has 3 aromatic rings. The smallest absolute Gasteiger partial charge is 0.119 e. The summed E-state index contributed by atoms with van der Waals surface area (Å²) in [6.07, 6.45) is 0. The van der Waals surface area contributed by atoms with Gasteiger partial charge in [-0.1, -0.05) is 53.2 Å². The molecule has 2 aromatic carbocycles. The van der Waals surface area contributed by atoms with Crippen molar-refractivity contribution in [2.45, 2.75) is 9.92 Å². The maximum atomic E-state index is 9.32. The van der Waals surface area contributed by atoms with E-state index in [1.807, 2.05) is 30.3 Å². The fourth-order valence-corrected chi connectivity index (χ4v) is 3.30. The van der Waals surface area contributed by atoms with Crippen molar-refractivity contribution in [3.05, 3.63) is 64.1 Å². The van der Waals surface area contributed by atoms with Gasteiger partial charge in [-0.25, -0.2) is 4.98 Å². The number of fused-ring (bicyclic) bond motifs is 1. The van der Waals surface area contributed by atoms with E-state index in [1.54, 1.807) is 18.2 Å². The molecule has 0 aliphatic rings. The largest absolute Gasteiger partial charge is 0.240 e. The number of nitrogens with zero attached hydrogens (tertiary/aromatic N) is 2. The van der Waals surface area contributed by atoms with Crippen LogP contribution in [0, 0.1) is 11.3 Å². The Morgan fingerprint density at radius 3 is 2.67 bits per heavy atom. The molecular formula is C16H8Cl2N2S. The molecule has 0 spiro atoms. The number of aromatic nitrogens is 1. The molecule has 0 aliphatic carbocycles. The van der Waals surface area contributed by atoms with Gasteiger partial charge in [0.1, 0.15) is 11.1 Å². The summed E-state index contributed by atoms with van der Waals surface area (Å²) in [5, 5.41) is 12.1. The maximum absolute atomic E-state index is 9.32. The molecule has 0 saturated carbocycles. The van der Waals surface area contributed by atoms with E-state index >= 15 is 0 Å². The van der Waals surface area contributed by atoms with Crippen molar-refractivity contribution in [2.24, 2.45) is 0 Å². The third-order valence-electron chi connectivity index (χ3n) is 2.91. The summed E-state index contributed by atoms with van der Waals surface area (Å²) in [6, 6.07) is 16.9. The normalized spacial score (nSPS) is 10.5. The van der Waals surface area contributed by atoms with Gasteiger partial charge in [0.2, 0.25) is 0 Å². The zero-order valence-corrected chi connectivity index (χ0v) is 13.0. The minimum Gasteiger partial charge on any atom is -0.240 e. The lowest BCUT2D eigenvalue weighted by molar-refractivity contribution is 1.16. The van der Waals surface area contributed by atoms with Crippen molar-refractivity contribution in [2.75, 3.05) is 0 Å². The van der Waals surface area contributed by atoms with Crippen LogP contribution in [0.1, 0.15) is 5.56 Å². The van der Waals surface area contributed by atoms with Gasteiger partial charge in [-0.2, -0.15) is 5.26 Å². The fourth-order valence-electron chi connectivity index (χ4n) is 1.92. The molecule has 0 unspecified atom stereocenters. The van der Waals surface area contributed by atoms with Gasteiger partial charge in [0.15, 0.2) is 0 Å². The number of rotatable bonds is 2. The van der Waals surface area contributed by atoms with E-state index in [0.29, 0.717) is 20.6 Å². The minimum atomic E-state index is 0.523. The molecule has 102 valence electrons. The Hall–Kier alpha value is -1.73. The van der Waals surface area contributed by atoms with Crippen LogP contribution >= 0.6 is 35.0 Å². The van der Waals surface area contributed by atoms with E-state index in [1.165, 1.54) is 11.8 Å². The number of para-hydroxylation sites is 1. The SMILES string of the molecule is N#Cc1cc2ccccc2nc1Sc1cc(Cl)ccc1Cl. The molecule has 0 N–H and O–H groups in total. The third-order valence-corrected chi connectivity index (χ3v) is 4.65. The summed E-state index contributed by atoms with van der Waals surface area (Å²) in [5.74, 6) is 0. The highest BCUT2D eigenvalue weighted by atomic mass is 35.5. The molecule has 1 aromatic heterocycles. The average molecular weight is 331 g/mol. The lowest BCUT2D eigenvalue weighted by atomic mass is 10.2. The van der Waals surface area contributed by atoms with Gasteiger partial charge in [-0.3, -0.25) is 0 Å². The predicted molar refractivity (Wildman–Crippen MR) is 87.0 cm³/mol. The lowest BCUT2D eigenvalue weighted by Gasteiger charge is -2.07. The van der Waals surface area contributed by atoms with Crippen LogP contribution in [0.15, 0.2) is 58.5 Å². The monoisotopic (exact) mass is 330 g/mol. The quantitative estimate of drug-likeness (QED) is 0.616. The Morgan fingerprint density at radius 2 is 1.86 bits per heavy atom. The van der Waals surface area contributed by atoms with Crippen molar-refractivity contribution in [1.29, 1.82) is 5.26 Å². The average Bonchev–Trinajstić information content (AvgIpc) is 2.50. The van der Waals surface area contributed by atoms with Crippen LogP contribution in [0.4, 0.5) is 0 Å². The van der Waals surface area contributed by atoms with Gasteiger partial charge in [-0.15, -0.1) is 0 Å². The van der Waals surface area contributed by atoms with Gasteiger partial charge >= 0.3 is 0 Å². The van der Waals surface area contributed by atoms with E-state index in [-0.39, 0.29) is 0 Å². The summed E-state index contributed by atoms with van der Waals surface area (Å²) >= 11 is 13.5. The second kappa shape index (κ2) is 5.95. The minimum absolute atomic E-state index is 0.523. The molecule has 0 amide bonds. The third kappa shape index (κ3) is 2.98. The van der Waals surface area contributed by atoms with Crippen LogP contribution in [0.3, 0.4) is 0 Å². The molecule has 0 bridgehead atoms. The van der Waals surface area contributed by atoms with Crippen molar-refractivity contribution in [3.63, 3.8) is 0 Å². The Labute approximate surface area is 136 Å². The number of nitriles is 1. The Bertz CT molecular complexity index is 872. The molecule has 0 atom stereocenters. The second-order valence-corrected chi connectivity index (χ2v) is 6.20. The van der Waals surface area contributed by atoms with Crippen molar-refractivity contribution in [3.8, 4) is 6.07 Å². The predicted octanol–water partition coefficient (Wildman–Crippen LogP) is 5.56. The molecular weight excluding hydrogens is 323 g/mol. The van der Waals surface area contributed by atoms with E-state index < -0.39 is 0 Å². The second-order valence-electron chi connectivity index (χ2n) is 4.32. The van der Waals surface area contributed by atoms with E-state index in [4.69, 9.17) is 23.2 Å². The van der Waals surface area contributed by atoms with Gasteiger partial charge in [-0.05, 0) is 30.3 Å². The van der Waals surface area contributed by atoms with Crippen LogP contribution in [-0.4, -0.2) is 4.98 Å². The first-order chi connectivity index (χ1) is 10.2. The Kier molecular flexibility index (Phi) is 4.03. The first-order valence-electron chi connectivity index (χ1n) is 6.10. The van der Waals surface area contributed by atoms with Crippen LogP contribution in [-0.2, 0) is 0 Å². The number of benzene rings is 2. The summed E-state index contributed by atoms with van der Waals surface area (Å²) in [5.41, 5.74) is 1.37. The summed E-state index contributed by atoms with van der Waals surface area (Å²) in [6.45, 7) is 0. The number of hydrogen-bond donors (Lipinski definition) is 0. The van der Waals surface area contributed by atoms with Gasteiger partial charge in [0, 0.05) is 15.3 Å². The topological polar surface area (TPSA) is 36.7 Å². The zero-order chi connectivity index (χ0) is 14.8. The lowest BCUT2D eigenvalue weighted by Crippen LogP contribution is -1.89. The van der Waals surface area contributed by atoms with E-state index in [9.17, 15) is 5.26 Å². The Morgan fingerprint density at radius 1 is 1.05 bits per heavy atom. The van der Waals surface area contributed by atoms with Gasteiger partial charge in [0.25, 0.3) is 0 Å². The standard InChI is InChI=1S/C16H8Cl2N2S/c17-12-5-6-13(18)15(8-12)21-16-11(9-19)7-10-3-1-2-4-14(10)20-16/h1-8H. The summed E-state index contributed by atoms with van der Waals surface area (Å²) < 4.78 is 0. The highest BCUT2D eigenvalue weighted by Crippen LogP contribution is 2.36. The zero-order valence-electron chi connectivity index (χ0n) is 10.7. The molecule has 21 heavy (non-hydrogen) atoms. The molecule has 5 heteroatoms. The maximum Gasteiger partial charge on any atom is 0.119 e. The van der Waals surface area contributed by atoms with Crippen LogP contribution in [0.25, 0.3) is 10.9 Å². The summed E-state index contributed by atoms with van der Waals surface area (Å²) in [7, 11) is 0. The molecule has 0 aliphatic heterocycles.